The number of rotatable bonds is 3. The Morgan fingerprint density at radius 1 is 1.26 bits per heavy atom. The topological polar surface area (TPSA) is 37.8 Å². The van der Waals surface area contributed by atoms with Gasteiger partial charge in [-0.05, 0) is 43.5 Å². The predicted molar refractivity (Wildman–Crippen MR) is 73.4 cm³/mol. The predicted octanol–water partition coefficient (Wildman–Crippen LogP) is 4.20. The quantitative estimate of drug-likeness (QED) is 0.855. The second-order valence-electron chi connectivity index (χ2n) is 4.80. The zero-order valence-corrected chi connectivity index (χ0v) is 11.2. The average molecular weight is 278 g/mol. The number of benzene rings is 1. The Labute approximate surface area is 115 Å². The minimum atomic E-state index is -0.218. The Hall–Kier alpha value is -1.68. The molecule has 3 nitrogen and oxygen atoms in total. The first-order valence-electron chi connectivity index (χ1n) is 6.19. The van der Waals surface area contributed by atoms with Crippen molar-refractivity contribution >= 4 is 23.1 Å². The molecule has 1 aliphatic carbocycles. The van der Waals surface area contributed by atoms with E-state index in [1.54, 1.807) is 25.1 Å². The normalized spacial score (nSPS) is 14.5. The summed E-state index contributed by atoms with van der Waals surface area (Å²) in [7, 11) is 0. The molecule has 0 unspecified atom stereocenters. The summed E-state index contributed by atoms with van der Waals surface area (Å²) in [6.45, 7) is 1.73. The maximum Gasteiger partial charge on any atom is 0.135 e. The third-order valence-electron chi connectivity index (χ3n) is 3.09. The van der Waals surface area contributed by atoms with Crippen molar-refractivity contribution in [2.75, 3.05) is 5.32 Å². The van der Waals surface area contributed by atoms with Gasteiger partial charge < -0.3 is 5.32 Å². The second-order valence-corrected chi connectivity index (χ2v) is 5.18. The van der Waals surface area contributed by atoms with Crippen LogP contribution in [-0.4, -0.2) is 9.97 Å². The van der Waals surface area contributed by atoms with Gasteiger partial charge in [-0.25, -0.2) is 14.4 Å². The van der Waals surface area contributed by atoms with Crippen LogP contribution in [0.3, 0.4) is 0 Å². The molecule has 1 aromatic carbocycles. The summed E-state index contributed by atoms with van der Waals surface area (Å²) in [4.78, 5) is 8.67. The highest BCUT2D eigenvalue weighted by molar-refractivity contribution is 6.29. The maximum absolute atomic E-state index is 13.2. The third kappa shape index (κ3) is 2.84. The minimum absolute atomic E-state index is 0.218. The van der Waals surface area contributed by atoms with E-state index in [1.165, 1.54) is 6.07 Å². The lowest BCUT2D eigenvalue weighted by molar-refractivity contribution is 0.619. The number of aromatic nitrogens is 2. The van der Waals surface area contributed by atoms with Gasteiger partial charge >= 0.3 is 0 Å². The highest BCUT2D eigenvalue weighted by atomic mass is 35.5. The van der Waals surface area contributed by atoms with Crippen LogP contribution in [0, 0.1) is 12.7 Å². The van der Waals surface area contributed by atoms with Crippen molar-refractivity contribution < 1.29 is 4.39 Å². The van der Waals surface area contributed by atoms with Crippen LogP contribution in [0.25, 0.3) is 0 Å². The molecule has 0 spiro atoms. The van der Waals surface area contributed by atoms with Crippen LogP contribution in [0.5, 0.6) is 0 Å². The van der Waals surface area contributed by atoms with Gasteiger partial charge in [0.2, 0.25) is 0 Å². The average Bonchev–Trinajstić information content (AvgIpc) is 3.17. The fraction of sp³-hybridized carbons (Fsp3) is 0.286. The molecule has 0 amide bonds. The molecule has 0 aliphatic heterocycles. The molecule has 5 heteroatoms. The molecule has 1 N–H and O–H groups in total. The summed E-state index contributed by atoms with van der Waals surface area (Å²) in [6.07, 6.45) is 2.24. The van der Waals surface area contributed by atoms with Crippen molar-refractivity contribution in [2.45, 2.75) is 25.7 Å². The Kier molecular flexibility index (Phi) is 3.11. The van der Waals surface area contributed by atoms with E-state index in [-0.39, 0.29) is 5.82 Å². The maximum atomic E-state index is 13.2. The molecule has 1 aromatic heterocycles. The van der Waals surface area contributed by atoms with Crippen molar-refractivity contribution in [1.82, 2.24) is 9.97 Å². The summed E-state index contributed by atoms with van der Waals surface area (Å²) in [5.74, 6) is 1.65. The molecule has 2 aromatic rings. The van der Waals surface area contributed by atoms with E-state index in [0.29, 0.717) is 22.5 Å². The summed E-state index contributed by atoms with van der Waals surface area (Å²) in [5.41, 5.74) is 1.38. The van der Waals surface area contributed by atoms with E-state index in [9.17, 15) is 4.39 Å². The molecule has 0 saturated heterocycles. The SMILES string of the molecule is Cc1cc(Nc2cc(Cl)nc(C3CC3)n2)ccc1F. The number of halogens is 2. The Morgan fingerprint density at radius 3 is 2.74 bits per heavy atom. The molecule has 0 atom stereocenters. The van der Waals surface area contributed by atoms with Crippen LogP contribution in [0.1, 0.15) is 30.1 Å². The Morgan fingerprint density at radius 2 is 2.05 bits per heavy atom. The monoisotopic (exact) mass is 277 g/mol. The standard InChI is InChI=1S/C14H13ClFN3/c1-8-6-10(4-5-11(8)16)17-13-7-12(15)18-14(19-13)9-2-3-9/h4-7,9H,2-3H2,1H3,(H,17,18,19). The van der Waals surface area contributed by atoms with Crippen LogP contribution in [0.15, 0.2) is 24.3 Å². The lowest BCUT2D eigenvalue weighted by atomic mass is 10.2. The first kappa shape index (κ1) is 12.4. The van der Waals surface area contributed by atoms with E-state index < -0.39 is 0 Å². The molecule has 1 fully saturated rings. The van der Waals surface area contributed by atoms with Crippen molar-refractivity contribution in [1.29, 1.82) is 0 Å². The van der Waals surface area contributed by atoms with Gasteiger partial charge in [0, 0.05) is 17.7 Å². The smallest absolute Gasteiger partial charge is 0.135 e. The van der Waals surface area contributed by atoms with E-state index in [4.69, 9.17) is 11.6 Å². The number of aryl methyl sites for hydroxylation is 1. The van der Waals surface area contributed by atoms with Crippen molar-refractivity contribution in [3.05, 3.63) is 46.6 Å². The van der Waals surface area contributed by atoms with E-state index in [1.807, 2.05) is 0 Å². The van der Waals surface area contributed by atoms with Crippen LogP contribution < -0.4 is 5.32 Å². The van der Waals surface area contributed by atoms with Gasteiger partial charge in [0.15, 0.2) is 0 Å². The molecular weight excluding hydrogens is 265 g/mol. The highest BCUT2D eigenvalue weighted by Crippen LogP contribution is 2.39. The molecular formula is C14H13ClFN3. The molecule has 19 heavy (non-hydrogen) atoms. The summed E-state index contributed by atoms with van der Waals surface area (Å²) in [5, 5.41) is 3.56. The van der Waals surface area contributed by atoms with E-state index >= 15 is 0 Å². The number of hydrogen-bond acceptors (Lipinski definition) is 3. The summed E-state index contributed by atoms with van der Waals surface area (Å²) < 4.78 is 13.2. The van der Waals surface area contributed by atoms with Gasteiger partial charge in [-0.3, -0.25) is 0 Å². The number of hydrogen-bond donors (Lipinski definition) is 1. The van der Waals surface area contributed by atoms with Crippen molar-refractivity contribution in [3.8, 4) is 0 Å². The molecule has 0 bridgehead atoms. The number of nitrogens with zero attached hydrogens (tertiary/aromatic N) is 2. The van der Waals surface area contributed by atoms with E-state index in [0.717, 1.165) is 24.4 Å². The van der Waals surface area contributed by atoms with Crippen LogP contribution in [0.2, 0.25) is 5.15 Å². The van der Waals surface area contributed by atoms with Gasteiger partial charge in [0.1, 0.15) is 22.6 Å². The zero-order chi connectivity index (χ0) is 13.4. The first-order chi connectivity index (χ1) is 9.11. The number of anilines is 2. The highest BCUT2D eigenvalue weighted by Gasteiger charge is 2.27. The number of nitrogens with one attached hydrogen (secondary N) is 1. The molecule has 0 radical (unpaired) electrons. The van der Waals surface area contributed by atoms with Crippen LogP contribution in [0.4, 0.5) is 15.9 Å². The Balaban J connectivity index is 1.87. The van der Waals surface area contributed by atoms with Gasteiger partial charge in [0.25, 0.3) is 0 Å². The lowest BCUT2D eigenvalue weighted by Crippen LogP contribution is -2.00. The first-order valence-corrected chi connectivity index (χ1v) is 6.57. The fourth-order valence-electron chi connectivity index (χ4n) is 1.89. The second kappa shape index (κ2) is 4.78. The zero-order valence-electron chi connectivity index (χ0n) is 10.5. The van der Waals surface area contributed by atoms with Crippen LogP contribution in [-0.2, 0) is 0 Å². The largest absolute Gasteiger partial charge is 0.340 e. The van der Waals surface area contributed by atoms with Crippen molar-refractivity contribution in [2.24, 2.45) is 0 Å². The molecule has 1 saturated carbocycles. The third-order valence-corrected chi connectivity index (χ3v) is 3.28. The summed E-state index contributed by atoms with van der Waals surface area (Å²) in [6, 6.07) is 6.52. The minimum Gasteiger partial charge on any atom is -0.340 e. The van der Waals surface area contributed by atoms with Crippen LogP contribution >= 0.6 is 11.6 Å². The molecule has 98 valence electrons. The van der Waals surface area contributed by atoms with Gasteiger partial charge in [-0.2, -0.15) is 0 Å². The fourth-order valence-corrected chi connectivity index (χ4v) is 2.08. The Bertz CT molecular complexity index is 626. The van der Waals surface area contributed by atoms with Gasteiger partial charge in [0.05, 0.1) is 0 Å². The van der Waals surface area contributed by atoms with E-state index in [2.05, 4.69) is 15.3 Å². The molecule has 3 rings (SSSR count). The molecule has 1 aliphatic rings. The summed E-state index contributed by atoms with van der Waals surface area (Å²) >= 11 is 5.99. The van der Waals surface area contributed by atoms with Gasteiger partial charge in [-0.15, -0.1) is 0 Å². The van der Waals surface area contributed by atoms with Crippen molar-refractivity contribution in [3.63, 3.8) is 0 Å². The van der Waals surface area contributed by atoms with Gasteiger partial charge in [-0.1, -0.05) is 11.6 Å². The molecule has 1 heterocycles. The lowest BCUT2D eigenvalue weighted by Gasteiger charge is -2.08.